The van der Waals surface area contributed by atoms with Crippen LogP contribution in [0.15, 0.2) is 24.3 Å². The Balaban J connectivity index is 1.69. The lowest BCUT2D eigenvalue weighted by Gasteiger charge is -2.20. The zero-order valence-corrected chi connectivity index (χ0v) is 12.9. The fourth-order valence-corrected chi connectivity index (χ4v) is 3.00. The van der Waals surface area contributed by atoms with Gasteiger partial charge in [-0.05, 0) is 38.3 Å². The number of ether oxygens (including phenoxy) is 2. The third-order valence-electron chi connectivity index (χ3n) is 3.91. The van der Waals surface area contributed by atoms with E-state index in [2.05, 4.69) is 22.5 Å². The number of imidazole rings is 1. The molecule has 1 saturated heterocycles. The van der Waals surface area contributed by atoms with Gasteiger partial charge in [-0.15, -0.1) is 0 Å². The van der Waals surface area contributed by atoms with Crippen LogP contribution in [0, 0.1) is 5.92 Å². The number of benzene rings is 1. The van der Waals surface area contributed by atoms with Crippen molar-refractivity contribution in [2.45, 2.75) is 45.6 Å². The van der Waals surface area contributed by atoms with E-state index in [0.29, 0.717) is 18.5 Å². The number of hydrogen-bond acceptors (Lipinski definition) is 4. The van der Waals surface area contributed by atoms with Gasteiger partial charge in [0, 0.05) is 6.54 Å². The topological polar surface area (TPSA) is 62.3 Å². The summed E-state index contributed by atoms with van der Waals surface area (Å²) in [5.41, 5.74) is 8.09. The number of rotatable bonds is 4. The number of hydrogen-bond donors (Lipinski definition) is 1. The van der Waals surface area contributed by atoms with Gasteiger partial charge < -0.3 is 19.8 Å². The second-order valence-corrected chi connectivity index (χ2v) is 6.36. The smallest absolute Gasteiger partial charge is 0.201 e. The lowest BCUT2D eigenvalue weighted by atomic mass is 10.0. The van der Waals surface area contributed by atoms with E-state index < -0.39 is 5.79 Å². The molecule has 0 unspecified atom stereocenters. The van der Waals surface area contributed by atoms with Crippen molar-refractivity contribution < 1.29 is 9.47 Å². The highest BCUT2D eigenvalue weighted by Gasteiger charge is 2.33. The van der Waals surface area contributed by atoms with Gasteiger partial charge in [0.2, 0.25) is 5.95 Å². The van der Waals surface area contributed by atoms with Gasteiger partial charge >= 0.3 is 0 Å². The van der Waals surface area contributed by atoms with Crippen LogP contribution >= 0.6 is 0 Å². The molecule has 1 aromatic heterocycles. The summed E-state index contributed by atoms with van der Waals surface area (Å²) in [4.78, 5) is 4.41. The maximum Gasteiger partial charge on any atom is 0.201 e. The Kier molecular flexibility index (Phi) is 3.63. The molecule has 5 heteroatoms. The number of anilines is 1. The van der Waals surface area contributed by atoms with E-state index in [1.165, 1.54) is 0 Å². The van der Waals surface area contributed by atoms with Crippen LogP contribution in [0.25, 0.3) is 11.0 Å². The highest BCUT2D eigenvalue weighted by atomic mass is 16.7. The Morgan fingerprint density at radius 3 is 2.90 bits per heavy atom. The standard InChI is InChI=1S/C16H23N3O2/c1-11(8-12-10-20-16(2,3)21-12)9-19-14-7-5-4-6-13(14)18-15(19)17/h4-7,11-12H,8-10H2,1-3H3,(H2,17,18)/t11-,12+/m1/s1. The average Bonchev–Trinajstić information content (AvgIpc) is 2.90. The van der Waals surface area contributed by atoms with Crippen LogP contribution in [0.4, 0.5) is 5.95 Å². The summed E-state index contributed by atoms with van der Waals surface area (Å²) in [6.07, 6.45) is 1.11. The van der Waals surface area contributed by atoms with Crippen molar-refractivity contribution in [3.05, 3.63) is 24.3 Å². The van der Waals surface area contributed by atoms with Gasteiger partial charge in [0.1, 0.15) is 0 Å². The Bertz CT molecular complexity index is 635. The number of para-hydroxylation sites is 2. The molecule has 2 atom stereocenters. The van der Waals surface area contributed by atoms with Crippen molar-refractivity contribution in [2.75, 3.05) is 12.3 Å². The quantitative estimate of drug-likeness (QED) is 0.940. The lowest BCUT2D eigenvalue weighted by molar-refractivity contribution is -0.140. The third-order valence-corrected chi connectivity index (χ3v) is 3.91. The molecule has 1 fully saturated rings. The van der Waals surface area contributed by atoms with E-state index in [1.54, 1.807) is 0 Å². The Labute approximate surface area is 125 Å². The molecule has 21 heavy (non-hydrogen) atoms. The van der Waals surface area contributed by atoms with E-state index in [9.17, 15) is 0 Å². The van der Waals surface area contributed by atoms with Crippen LogP contribution in [-0.4, -0.2) is 28.0 Å². The molecule has 0 amide bonds. The molecule has 3 rings (SSSR count). The zero-order valence-electron chi connectivity index (χ0n) is 12.9. The van der Waals surface area contributed by atoms with Gasteiger partial charge in [-0.1, -0.05) is 19.1 Å². The van der Waals surface area contributed by atoms with Gasteiger partial charge in [0.05, 0.1) is 23.7 Å². The summed E-state index contributed by atoms with van der Waals surface area (Å²) >= 11 is 0. The van der Waals surface area contributed by atoms with Crippen molar-refractivity contribution in [1.29, 1.82) is 0 Å². The molecule has 0 radical (unpaired) electrons. The summed E-state index contributed by atoms with van der Waals surface area (Å²) in [5, 5.41) is 0. The molecular weight excluding hydrogens is 266 g/mol. The Morgan fingerprint density at radius 2 is 2.19 bits per heavy atom. The molecule has 1 aliphatic heterocycles. The summed E-state index contributed by atoms with van der Waals surface area (Å²) in [7, 11) is 0. The third kappa shape index (κ3) is 3.04. The fourth-order valence-electron chi connectivity index (χ4n) is 3.00. The van der Waals surface area contributed by atoms with E-state index in [1.807, 2.05) is 32.0 Å². The second-order valence-electron chi connectivity index (χ2n) is 6.36. The molecule has 0 bridgehead atoms. The van der Waals surface area contributed by atoms with Crippen LogP contribution in [-0.2, 0) is 16.0 Å². The number of fused-ring (bicyclic) bond motifs is 1. The van der Waals surface area contributed by atoms with Crippen LogP contribution in [0.1, 0.15) is 27.2 Å². The first-order valence-corrected chi connectivity index (χ1v) is 7.47. The van der Waals surface area contributed by atoms with E-state index in [0.717, 1.165) is 24.0 Å². The minimum Gasteiger partial charge on any atom is -0.369 e. The van der Waals surface area contributed by atoms with Gasteiger partial charge in [-0.25, -0.2) is 4.98 Å². The number of aromatic nitrogens is 2. The Morgan fingerprint density at radius 1 is 1.43 bits per heavy atom. The van der Waals surface area contributed by atoms with Gasteiger partial charge in [0.25, 0.3) is 0 Å². The van der Waals surface area contributed by atoms with E-state index in [4.69, 9.17) is 15.2 Å². The number of nitrogens with zero attached hydrogens (tertiary/aromatic N) is 2. The molecule has 2 N–H and O–H groups in total. The molecule has 1 aliphatic rings. The highest BCUT2D eigenvalue weighted by molar-refractivity contribution is 5.78. The zero-order chi connectivity index (χ0) is 15.0. The maximum atomic E-state index is 6.05. The molecule has 0 spiro atoms. The first-order chi connectivity index (χ1) is 9.94. The van der Waals surface area contributed by atoms with Crippen LogP contribution in [0.2, 0.25) is 0 Å². The van der Waals surface area contributed by atoms with Crippen LogP contribution in [0.3, 0.4) is 0 Å². The van der Waals surface area contributed by atoms with E-state index in [-0.39, 0.29) is 6.10 Å². The summed E-state index contributed by atoms with van der Waals surface area (Å²) in [6, 6.07) is 8.04. The molecule has 5 nitrogen and oxygen atoms in total. The van der Waals surface area contributed by atoms with Crippen LogP contribution < -0.4 is 5.73 Å². The first-order valence-electron chi connectivity index (χ1n) is 7.47. The first kappa shape index (κ1) is 14.4. The summed E-state index contributed by atoms with van der Waals surface area (Å²) in [5.74, 6) is 0.560. The highest BCUT2D eigenvalue weighted by Crippen LogP contribution is 2.27. The molecule has 0 aliphatic carbocycles. The second kappa shape index (κ2) is 5.31. The van der Waals surface area contributed by atoms with E-state index >= 15 is 0 Å². The largest absolute Gasteiger partial charge is 0.369 e. The average molecular weight is 289 g/mol. The molecule has 0 saturated carbocycles. The van der Waals surface area contributed by atoms with Crippen molar-refractivity contribution >= 4 is 17.0 Å². The molecule has 2 heterocycles. The fraction of sp³-hybridized carbons (Fsp3) is 0.562. The lowest BCUT2D eigenvalue weighted by Crippen LogP contribution is -2.23. The van der Waals surface area contributed by atoms with Crippen molar-refractivity contribution in [2.24, 2.45) is 5.92 Å². The van der Waals surface area contributed by atoms with Crippen molar-refractivity contribution in [1.82, 2.24) is 9.55 Å². The normalized spacial score (nSPS) is 22.7. The minimum absolute atomic E-state index is 0.158. The molecule has 114 valence electrons. The van der Waals surface area contributed by atoms with Gasteiger partial charge in [-0.2, -0.15) is 0 Å². The SMILES string of the molecule is C[C@H](C[C@H]1COC(C)(C)O1)Cn1c(N)nc2ccccc21. The number of nitrogen functional groups attached to an aromatic ring is 1. The summed E-state index contributed by atoms with van der Waals surface area (Å²) < 4.78 is 13.6. The number of nitrogens with two attached hydrogens (primary N) is 1. The molecule has 2 aromatic rings. The van der Waals surface area contributed by atoms with Crippen LogP contribution in [0.5, 0.6) is 0 Å². The van der Waals surface area contributed by atoms with Crippen molar-refractivity contribution in [3.8, 4) is 0 Å². The van der Waals surface area contributed by atoms with Crippen molar-refractivity contribution in [3.63, 3.8) is 0 Å². The Hall–Kier alpha value is -1.59. The monoisotopic (exact) mass is 289 g/mol. The van der Waals surface area contributed by atoms with Gasteiger partial charge in [0.15, 0.2) is 5.79 Å². The molecule has 1 aromatic carbocycles. The predicted octanol–water partition coefficient (Wildman–Crippen LogP) is 2.80. The minimum atomic E-state index is -0.453. The van der Waals surface area contributed by atoms with Gasteiger partial charge in [-0.3, -0.25) is 0 Å². The summed E-state index contributed by atoms with van der Waals surface area (Å²) in [6.45, 7) is 7.63. The maximum absolute atomic E-state index is 6.05. The predicted molar refractivity (Wildman–Crippen MR) is 82.8 cm³/mol. The molecular formula is C16H23N3O2.